The van der Waals surface area contributed by atoms with Gasteiger partial charge in [-0.15, -0.1) is 0 Å². The van der Waals surface area contributed by atoms with Crippen molar-refractivity contribution in [3.8, 4) is 28.6 Å². The monoisotopic (exact) mass is 396 g/mol. The van der Waals surface area contributed by atoms with Gasteiger partial charge in [0.2, 0.25) is 0 Å². The maximum Gasteiger partial charge on any atom is 0.197 e. The van der Waals surface area contributed by atoms with Crippen molar-refractivity contribution in [1.29, 1.82) is 0 Å². The van der Waals surface area contributed by atoms with Crippen molar-refractivity contribution < 1.29 is 18.6 Å². The molecule has 0 aliphatic heterocycles. The summed E-state index contributed by atoms with van der Waals surface area (Å²) in [6, 6.07) is 12.5. The van der Waals surface area contributed by atoms with Gasteiger partial charge in [-0.05, 0) is 53.7 Å². The number of rotatable bonds is 7. The molecule has 0 amide bonds. The highest BCUT2D eigenvalue weighted by atomic mass is 16.5. The quantitative estimate of drug-likeness (QED) is 0.503. The van der Waals surface area contributed by atoms with Crippen molar-refractivity contribution in [3.63, 3.8) is 0 Å². The third-order valence-electron chi connectivity index (χ3n) is 4.02. The Bertz CT molecular complexity index is 1050. The summed E-state index contributed by atoms with van der Waals surface area (Å²) >= 11 is 0. The van der Waals surface area contributed by atoms with Crippen LogP contribution in [0.4, 0.5) is 0 Å². The first-order chi connectivity index (χ1) is 13.7. The van der Waals surface area contributed by atoms with Crippen LogP contribution in [0.5, 0.6) is 17.2 Å². The Hall–Kier alpha value is -2.95. The van der Waals surface area contributed by atoms with E-state index in [2.05, 4.69) is 0 Å². The Kier molecular flexibility index (Phi) is 6.16. The van der Waals surface area contributed by atoms with E-state index in [0.29, 0.717) is 34.0 Å². The smallest absolute Gasteiger partial charge is 0.197 e. The van der Waals surface area contributed by atoms with E-state index >= 15 is 0 Å². The first-order valence-electron chi connectivity index (χ1n) is 9.96. The third kappa shape index (κ3) is 4.91. The van der Waals surface area contributed by atoms with E-state index in [-0.39, 0.29) is 23.7 Å². The number of hydrogen-bond donors (Lipinski definition) is 0. The van der Waals surface area contributed by atoms with Crippen molar-refractivity contribution >= 4 is 11.0 Å². The molecule has 3 aromatic rings. The molecule has 0 atom stereocenters. The molecule has 1 aromatic heterocycles. The molecular formula is C24H28O5. The summed E-state index contributed by atoms with van der Waals surface area (Å²) in [7, 11) is 0. The molecule has 0 saturated carbocycles. The molecule has 154 valence electrons. The summed E-state index contributed by atoms with van der Waals surface area (Å²) in [5, 5.41) is 0.404. The molecular weight excluding hydrogens is 368 g/mol. The van der Waals surface area contributed by atoms with Crippen LogP contribution in [0.15, 0.2) is 51.7 Å². The van der Waals surface area contributed by atoms with Gasteiger partial charge in [0.15, 0.2) is 5.43 Å². The molecule has 0 radical (unpaired) electrons. The lowest BCUT2D eigenvalue weighted by Crippen LogP contribution is -2.11. The average Bonchev–Trinajstić information content (AvgIpc) is 2.59. The zero-order valence-corrected chi connectivity index (χ0v) is 17.8. The molecule has 0 saturated heterocycles. The van der Waals surface area contributed by atoms with Crippen LogP contribution in [0.3, 0.4) is 0 Å². The van der Waals surface area contributed by atoms with Crippen LogP contribution < -0.4 is 19.6 Å². The largest absolute Gasteiger partial charge is 0.491 e. The molecule has 5 heteroatoms. The highest BCUT2D eigenvalue weighted by Crippen LogP contribution is 2.35. The van der Waals surface area contributed by atoms with Crippen LogP contribution >= 0.6 is 0 Å². The molecule has 0 spiro atoms. The maximum absolute atomic E-state index is 13.0. The number of para-hydroxylation sites is 1. The lowest BCUT2D eigenvalue weighted by Gasteiger charge is -2.17. The normalized spacial score (nSPS) is 11.5. The van der Waals surface area contributed by atoms with Gasteiger partial charge >= 0.3 is 0 Å². The highest BCUT2D eigenvalue weighted by Gasteiger charge is 2.17. The minimum atomic E-state index is -0.174. The van der Waals surface area contributed by atoms with E-state index < -0.39 is 0 Å². The molecule has 3 rings (SSSR count). The van der Waals surface area contributed by atoms with Crippen LogP contribution in [-0.2, 0) is 0 Å². The maximum atomic E-state index is 13.0. The number of benzene rings is 2. The lowest BCUT2D eigenvalue weighted by atomic mass is 10.1. The molecule has 0 bridgehead atoms. The van der Waals surface area contributed by atoms with Gasteiger partial charge in [0, 0.05) is 18.2 Å². The van der Waals surface area contributed by atoms with Gasteiger partial charge in [0.1, 0.15) is 34.0 Å². The summed E-state index contributed by atoms with van der Waals surface area (Å²) in [4.78, 5) is 13.0. The molecule has 0 N–H and O–H groups in total. The average molecular weight is 396 g/mol. The van der Waals surface area contributed by atoms with E-state index in [1.165, 1.54) is 6.07 Å². The van der Waals surface area contributed by atoms with Crippen molar-refractivity contribution in [2.45, 2.75) is 59.9 Å². The van der Waals surface area contributed by atoms with Gasteiger partial charge in [0.25, 0.3) is 0 Å². The Morgan fingerprint density at radius 2 is 1.38 bits per heavy atom. The fourth-order valence-electron chi connectivity index (χ4n) is 3.08. The van der Waals surface area contributed by atoms with Crippen molar-refractivity contribution in [3.05, 3.63) is 52.7 Å². The van der Waals surface area contributed by atoms with Gasteiger partial charge < -0.3 is 18.6 Å². The Morgan fingerprint density at radius 1 is 0.759 bits per heavy atom. The van der Waals surface area contributed by atoms with E-state index in [1.807, 2.05) is 65.8 Å². The Morgan fingerprint density at radius 3 is 2.03 bits per heavy atom. The zero-order chi connectivity index (χ0) is 21.1. The van der Waals surface area contributed by atoms with Crippen molar-refractivity contribution in [2.24, 2.45) is 0 Å². The van der Waals surface area contributed by atoms with Crippen LogP contribution in [-0.4, -0.2) is 18.3 Å². The number of ether oxygens (including phenoxy) is 3. The summed E-state index contributed by atoms with van der Waals surface area (Å²) in [5.41, 5.74) is 0.967. The minimum absolute atomic E-state index is 0.000386. The molecule has 1 heterocycles. The molecule has 0 aliphatic carbocycles. The van der Waals surface area contributed by atoms with Gasteiger partial charge in [-0.3, -0.25) is 4.79 Å². The molecule has 29 heavy (non-hydrogen) atoms. The van der Waals surface area contributed by atoms with Gasteiger partial charge in [-0.25, -0.2) is 0 Å². The van der Waals surface area contributed by atoms with Crippen LogP contribution in [0.1, 0.15) is 41.5 Å². The standard InChI is InChI=1S/C24H28O5/c1-14(2)26-17-11-22(28-16(5)6)24-19(25)13-21(29-23(24)12-17)18-9-7-8-10-20(18)27-15(3)4/h7-16H,1-6H3. The first-order valence-corrected chi connectivity index (χ1v) is 9.96. The number of hydrogen-bond acceptors (Lipinski definition) is 5. The Balaban J connectivity index is 2.21. The highest BCUT2D eigenvalue weighted by molar-refractivity contribution is 5.86. The molecule has 2 aromatic carbocycles. The molecule has 0 fully saturated rings. The molecule has 5 nitrogen and oxygen atoms in total. The second-order valence-corrected chi connectivity index (χ2v) is 7.77. The number of fused-ring (bicyclic) bond motifs is 1. The topological polar surface area (TPSA) is 57.9 Å². The summed E-state index contributed by atoms with van der Waals surface area (Å²) in [5.74, 6) is 2.16. The van der Waals surface area contributed by atoms with Crippen LogP contribution in [0, 0.1) is 0 Å². The van der Waals surface area contributed by atoms with E-state index in [0.717, 1.165) is 5.56 Å². The lowest BCUT2D eigenvalue weighted by molar-refractivity contribution is 0.231. The van der Waals surface area contributed by atoms with E-state index in [1.54, 1.807) is 12.1 Å². The van der Waals surface area contributed by atoms with E-state index in [4.69, 9.17) is 18.6 Å². The fourth-order valence-corrected chi connectivity index (χ4v) is 3.08. The van der Waals surface area contributed by atoms with Crippen LogP contribution in [0.25, 0.3) is 22.3 Å². The third-order valence-corrected chi connectivity index (χ3v) is 4.02. The molecule has 0 unspecified atom stereocenters. The van der Waals surface area contributed by atoms with Crippen molar-refractivity contribution in [2.75, 3.05) is 0 Å². The second-order valence-electron chi connectivity index (χ2n) is 7.77. The minimum Gasteiger partial charge on any atom is -0.491 e. The summed E-state index contributed by atoms with van der Waals surface area (Å²) in [6.45, 7) is 11.6. The second kappa shape index (κ2) is 8.60. The summed E-state index contributed by atoms with van der Waals surface area (Å²) < 4.78 is 23.8. The van der Waals surface area contributed by atoms with Gasteiger partial charge in [0.05, 0.1) is 23.9 Å². The predicted molar refractivity (Wildman–Crippen MR) is 115 cm³/mol. The molecule has 0 aliphatic rings. The Labute approximate surface area is 171 Å². The first kappa shape index (κ1) is 20.8. The fraction of sp³-hybridized carbons (Fsp3) is 0.375. The zero-order valence-electron chi connectivity index (χ0n) is 17.8. The van der Waals surface area contributed by atoms with Gasteiger partial charge in [-0.1, -0.05) is 12.1 Å². The SMILES string of the molecule is CC(C)Oc1cc(OC(C)C)c2c(=O)cc(-c3ccccc3OC(C)C)oc2c1. The summed E-state index contributed by atoms with van der Waals surface area (Å²) in [6.07, 6.45) is -0.110. The van der Waals surface area contributed by atoms with Crippen molar-refractivity contribution in [1.82, 2.24) is 0 Å². The van der Waals surface area contributed by atoms with E-state index in [9.17, 15) is 4.79 Å². The predicted octanol–water partition coefficient (Wildman–Crippen LogP) is 5.82. The van der Waals surface area contributed by atoms with Gasteiger partial charge in [-0.2, -0.15) is 0 Å². The van der Waals surface area contributed by atoms with Crippen LogP contribution in [0.2, 0.25) is 0 Å².